The lowest BCUT2D eigenvalue weighted by Crippen LogP contribution is -2.53. The van der Waals surface area contributed by atoms with Crippen LogP contribution in [0.1, 0.15) is 20.8 Å². The maximum absolute atomic E-state index is 12.1. The summed E-state index contributed by atoms with van der Waals surface area (Å²) >= 11 is 0. The second-order valence-electron chi connectivity index (χ2n) is 7.72. The number of aromatic nitrogens is 4. The molecular formula is C17H26N8O2. The molecule has 0 spiro atoms. The van der Waals surface area contributed by atoms with Gasteiger partial charge in [0.15, 0.2) is 5.65 Å². The Kier molecular flexibility index (Phi) is 5.26. The van der Waals surface area contributed by atoms with Crippen LogP contribution in [0.5, 0.6) is 0 Å². The van der Waals surface area contributed by atoms with Crippen molar-refractivity contribution in [3.63, 3.8) is 0 Å². The molecule has 1 saturated heterocycles. The standard InChI is InChI=1S/C17H26N8O2/c1-17(2,3)22-16(27)21-13(26)10-24-5-7-25(8-6-24)15-12-9-20-23(4)14(12)18-11-19-15/h9,11H,5-8,10H2,1-4H3,(H2,21,22,26,27). The molecule has 0 bridgehead atoms. The van der Waals surface area contributed by atoms with E-state index in [0.29, 0.717) is 13.1 Å². The number of imide groups is 1. The van der Waals surface area contributed by atoms with Gasteiger partial charge in [0.1, 0.15) is 12.1 Å². The van der Waals surface area contributed by atoms with Crippen LogP contribution in [0.25, 0.3) is 11.0 Å². The summed E-state index contributed by atoms with van der Waals surface area (Å²) in [4.78, 5) is 36.7. The monoisotopic (exact) mass is 374 g/mol. The average Bonchev–Trinajstić information content (AvgIpc) is 2.95. The van der Waals surface area contributed by atoms with E-state index in [0.717, 1.165) is 29.9 Å². The van der Waals surface area contributed by atoms with Crippen LogP contribution in [-0.4, -0.2) is 74.8 Å². The number of aryl methyl sites for hydroxylation is 1. The van der Waals surface area contributed by atoms with Crippen LogP contribution in [0.4, 0.5) is 10.6 Å². The zero-order chi connectivity index (χ0) is 19.6. The van der Waals surface area contributed by atoms with Crippen LogP contribution < -0.4 is 15.5 Å². The van der Waals surface area contributed by atoms with Gasteiger partial charge in [-0.15, -0.1) is 0 Å². The number of anilines is 1. The molecule has 0 radical (unpaired) electrons. The Balaban J connectivity index is 1.53. The highest BCUT2D eigenvalue weighted by Crippen LogP contribution is 2.23. The number of urea groups is 1. The van der Waals surface area contributed by atoms with Crippen molar-refractivity contribution in [3.05, 3.63) is 12.5 Å². The van der Waals surface area contributed by atoms with Gasteiger partial charge >= 0.3 is 6.03 Å². The molecule has 0 saturated carbocycles. The van der Waals surface area contributed by atoms with Crippen LogP contribution in [0, 0.1) is 0 Å². The summed E-state index contributed by atoms with van der Waals surface area (Å²) in [5.74, 6) is 0.559. The number of rotatable bonds is 3. The highest BCUT2D eigenvalue weighted by Gasteiger charge is 2.23. The molecule has 0 unspecified atom stereocenters. The lowest BCUT2D eigenvalue weighted by molar-refractivity contribution is -0.121. The van der Waals surface area contributed by atoms with Crippen LogP contribution >= 0.6 is 0 Å². The maximum Gasteiger partial charge on any atom is 0.321 e. The number of piperazine rings is 1. The predicted octanol–water partition coefficient (Wildman–Crippen LogP) is 0.110. The van der Waals surface area contributed by atoms with Gasteiger partial charge < -0.3 is 10.2 Å². The number of hydrogen-bond donors (Lipinski definition) is 2. The zero-order valence-electron chi connectivity index (χ0n) is 16.2. The molecule has 2 aromatic heterocycles. The van der Waals surface area contributed by atoms with E-state index in [2.05, 4.69) is 30.6 Å². The summed E-state index contributed by atoms with van der Waals surface area (Å²) in [6.45, 7) is 8.68. The first-order valence-corrected chi connectivity index (χ1v) is 8.95. The number of carbonyl (C=O) groups excluding carboxylic acids is 2. The largest absolute Gasteiger partial charge is 0.353 e. The number of amides is 3. The molecular weight excluding hydrogens is 348 g/mol. The van der Waals surface area contributed by atoms with Gasteiger partial charge in [0.05, 0.1) is 18.1 Å². The Labute approximate surface area is 157 Å². The topological polar surface area (TPSA) is 108 Å². The molecule has 10 heteroatoms. The van der Waals surface area contributed by atoms with Crippen molar-refractivity contribution in [1.82, 2.24) is 35.3 Å². The van der Waals surface area contributed by atoms with Crippen molar-refractivity contribution in [2.45, 2.75) is 26.3 Å². The van der Waals surface area contributed by atoms with E-state index in [1.54, 1.807) is 17.2 Å². The molecule has 1 fully saturated rings. The summed E-state index contributed by atoms with van der Waals surface area (Å²) < 4.78 is 1.73. The van der Waals surface area contributed by atoms with Crippen LogP contribution in [-0.2, 0) is 11.8 Å². The number of fused-ring (bicyclic) bond motifs is 1. The van der Waals surface area contributed by atoms with Crippen molar-refractivity contribution >= 4 is 28.8 Å². The van der Waals surface area contributed by atoms with E-state index in [9.17, 15) is 9.59 Å². The second-order valence-corrected chi connectivity index (χ2v) is 7.72. The third-order valence-electron chi connectivity index (χ3n) is 4.29. The van der Waals surface area contributed by atoms with Gasteiger partial charge in [-0.25, -0.2) is 14.8 Å². The Morgan fingerprint density at radius 3 is 2.52 bits per heavy atom. The smallest absolute Gasteiger partial charge is 0.321 e. The van der Waals surface area contributed by atoms with Crippen molar-refractivity contribution < 1.29 is 9.59 Å². The minimum atomic E-state index is -0.467. The first-order valence-electron chi connectivity index (χ1n) is 8.95. The summed E-state index contributed by atoms with van der Waals surface area (Å²) in [5, 5.41) is 10.3. The molecule has 0 atom stereocenters. The lowest BCUT2D eigenvalue weighted by Gasteiger charge is -2.35. The maximum atomic E-state index is 12.1. The summed E-state index contributed by atoms with van der Waals surface area (Å²) in [5.41, 5.74) is 0.414. The van der Waals surface area contributed by atoms with E-state index in [1.807, 2.05) is 32.7 Å². The fourth-order valence-corrected chi connectivity index (χ4v) is 3.06. The molecule has 1 aliphatic heterocycles. The fourth-order valence-electron chi connectivity index (χ4n) is 3.06. The van der Waals surface area contributed by atoms with Crippen molar-refractivity contribution in [3.8, 4) is 0 Å². The van der Waals surface area contributed by atoms with E-state index in [4.69, 9.17) is 0 Å². The number of hydrogen-bond acceptors (Lipinski definition) is 7. The Morgan fingerprint density at radius 2 is 1.85 bits per heavy atom. The van der Waals surface area contributed by atoms with Gasteiger partial charge in [-0.1, -0.05) is 0 Å². The van der Waals surface area contributed by atoms with Gasteiger partial charge in [-0.2, -0.15) is 5.10 Å². The molecule has 2 N–H and O–H groups in total. The summed E-state index contributed by atoms with van der Waals surface area (Å²) in [7, 11) is 1.85. The molecule has 3 amide bonds. The quantitative estimate of drug-likeness (QED) is 0.785. The average molecular weight is 374 g/mol. The predicted molar refractivity (Wildman–Crippen MR) is 101 cm³/mol. The van der Waals surface area contributed by atoms with Crippen molar-refractivity contribution in [2.24, 2.45) is 7.05 Å². The van der Waals surface area contributed by atoms with E-state index in [1.165, 1.54) is 0 Å². The minimum Gasteiger partial charge on any atom is -0.353 e. The molecule has 10 nitrogen and oxygen atoms in total. The first kappa shape index (κ1) is 19.0. The van der Waals surface area contributed by atoms with Crippen LogP contribution in [0.15, 0.2) is 12.5 Å². The summed E-state index contributed by atoms with van der Waals surface area (Å²) in [6.07, 6.45) is 3.32. The zero-order valence-corrected chi connectivity index (χ0v) is 16.2. The minimum absolute atomic E-state index is 0.192. The van der Waals surface area contributed by atoms with E-state index < -0.39 is 6.03 Å². The van der Waals surface area contributed by atoms with Crippen LogP contribution in [0.3, 0.4) is 0 Å². The molecule has 0 aliphatic carbocycles. The Hall–Kier alpha value is -2.75. The van der Waals surface area contributed by atoms with Gasteiger partial charge in [0, 0.05) is 38.8 Å². The highest BCUT2D eigenvalue weighted by molar-refractivity contribution is 5.95. The lowest BCUT2D eigenvalue weighted by atomic mass is 10.1. The van der Waals surface area contributed by atoms with Gasteiger partial charge in [0.25, 0.3) is 0 Å². The number of nitrogens with one attached hydrogen (secondary N) is 2. The highest BCUT2D eigenvalue weighted by atomic mass is 16.2. The van der Waals surface area contributed by atoms with Gasteiger partial charge in [-0.3, -0.25) is 19.7 Å². The summed E-state index contributed by atoms with van der Waals surface area (Å²) in [6, 6.07) is -0.467. The van der Waals surface area contributed by atoms with Crippen molar-refractivity contribution in [1.29, 1.82) is 0 Å². The fraction of sp³-hybridized carbons (Fsp3) is 0.588. The molecule has 2 aromatic rings. The Bertz CT molecular complexity index is 833. The number of carbonyl (C=O) groups is 2. The Morgan fingerprint density at radius 1 is 1.15 bits per heavy atom. The van der Waals surface area contributed by atoms with Gasteiger partial charge in [-0.05, 0) is 20.8 Å². The second kappa shape index (κ2) is 7.47. The number of nitrogens with zero attached hydrogens (tertiary/aromatic N) is 6. The SMILES string of the molecule is Cn1ncc2c(N3CCN(CC(=O)NC(=O)NC(C)(C)C)CC3)ncnc21. The van der Waals surface area contributed by atoms with Crippen molar-refractivity contribution in [2.75, 3.05) is 37.6 Å². The third-order valence-corrected chi connectivity index (χ3v) is 4.29. The molecule has 1 aliphatic rings. The van der Waals surface area contributed by atoms with Gasteiger partial charge in [0.2, 0.25) is 5.91 Å². The normalized spacial score (nSPS) is 15.8. The molecule has 0 aromatic carbocycles. The third kappa shape index (κ3) is 4.70. The van der Waals surface area contributed by atoms with E-state index in [-0.39, 0.29) is 18.0 Å². The van der Waals surface area contributed by atoms with Crippen LogP contribution in [0.2, 0.25) is 0 Å². The molecule has 146 valence electrons. The molecule has 3 rings (SSSR count). The van der Waals surface area contributed by atoms with E-state index >= 15 is 0 Å². The molecule has 3 heterocycles. The molecule has 27 heavy (non-hydrogen) atoms. The first-order chi connectivity index (χ1) is 12.7.